The second-order valence-corrected chi connectivity index (χ2v) is 6.95. The van der Waals surface area contributed by atoms with Gasteiger partial charge in [0.15, 0.2) is 0 Å². The number of hydrogen-bond acceptors (Lipinski definition) is 1. The fraction of sp³-hybridized carbons (Fsp3) is 0.400. The minimum absolute atomic E-state index is 0.180. The van der Waals surface area contributed by atoms with Crippen LogP contribution in [0.25, 0.3) is 0 Å². The quantitative estimate of drug-likeness (QED) is 0.814. The van der Waals surface area contributed by atoms with Crippen LogP contribution in [0.3, 0.4) is 0 Å². The van der Waals surface area contributed by atoms with E-state index in [9.17, 15) is 0 Å². The van der Waals surface area contributed by atoms with E-state index >= 15 is 0 Å². The van der Waals surface area contributed by atoms with Crippen molar-refractivity contribution in [3.63, 3.8) is 0 Å². The average molecular weight is 281 g/mol. The molecule has 0 saturated carbocycles. The van der Waals surface area contributed by atoms with E-state index in [2.05, 4.69) is 88.5 Å². The summed E-state index contributed by atoms with van der Waals surface area (Å²) < 4.78 is 0. The summed E-state index contributed by atoms with van der Waals surface area (Å²) in [6, 6.07) is 17.6. The van der Waals surface area contributed by atoms with E-state index in [-0.39, 0.29) is 5.41 Å². The van der Waals surface area contributed by atoms with Gasteiger partial charge in [0.05, 0.1) is 0 Å². The van der Waals surface area contributed by atoms with Crippen LogP contribution in [0.15, 0.2) is 48.5 Å². The molecule has 0 spiro atoms. The van der Waals surface area contributed by atoms with Gasteiger partial charge >= 0.3 is 0 Å². The fourth-order valence-corrected chi connectivity index (χ4v) is 2.78. The summed E-state index contributed by atoms with van der Waals surface area (Å²) in [4.78, 5) is 0. The number of rotatable bonds is 4. The lowest BCUT2D eigenvalue weighted by atomic mass is 9.82. The van der Waals surface area contributed by atoms with E-state index in [1.165, 1.54) is 22.3 Å². The first-order valence-corrected chi connectivity index (χ1v) is 7.73. The Hall–Kier alpha value is -1.60. The van der Waals surface area contributed by atoms with E-state index in [0.29, 0.717) is 6.04 Å². The van der Waals surface area contributed by atoms with Gasteiger partial charge in [0.2, 0.25) is 0 Å². The molecule has 0 fully saturated rings. The first-order chi connectivity index (χ1) is 9.89. The maximum absolute atomic E-state index is 3.76. The number of hydrogen-bond donors (Lipinski definition) is 1. The van der Waals surface area contributed by atoms with Crippen molar-refractivity contribution in [1.82, 2.24) is 5.32 Å². The predicted octanol–water partition coefficient (Wildman–Crippen LogP) is 5.18. The molecule has 0 heterocycles. The van der Waals surface area contributed by atoms with Gasteiger partial charge in [-0.3, -0.25) is 0 Å². The zero-order chi connectivity index (χ0) is 15.5. The van der Waals surface area contributed by atoms with Crippen LogP contribution in [-0.2, 0) is 6.54 Å². The van der Waals surface area contributed by atoms with Crippen LogP contribution in [0.2, 0.25) is 0 Å². The van der Waals surface area contributed by atoms with E-state index in [4.69, 9.17) is 0 Å². The Labute approximate surface area is 129 Å². The van der Waals surface area contributed by atoms with Crippen LogP contribution < -0.4 is 5.32 Å². The molecule has 0 amide bonds. The molecule has 0 aliphatic carbocycles. The molecular formula is C20H27N. The Balaban J connectivity index is 2.19. The Bertz CT molecular complexity index is 579. The largest absolute Gasteiger partial charge is 0.305 e. The molecular weight excluding hydrogens is 254 g/mol. The van der Waals surface area contributed by atoms with Crippen molar-refractivity contribution in [2.45, 2.75) is 47.2 Å². The number of nitrogens with one attached hydrogen (secondary N) is 1. The van der Waals surface area contributed by atoms with Gasteiger partial charge in [0, 0.05) is 12.6 Å². The Kier molecular flexibility index (Phi) is 4.84. The van der Waals surface area contributed by atoms with Gasteiger partial charge in [-0.1, -0.05) is 69.3 Å². The van der Waals surface area contributed by atoms with E-state index in [0.717, 1.165) is 6.54 Å². The average Bonchev–Trinajstić information content (AvgIpc) is 2.43. The lowest BCUT2D eigenvalue weighted by Gasteiger charge is -2.32. The molecule has 0 aliphatic heterocycles. The van der Waals surface area contributed by atoms with Gasteiger partial charge in [0.25, 0.3) is 0 Å². The summed E-state index contributed by atoms with van der Waals surface area (Å²) in [6.07, 6.45) is 0. The summed E-state index contributed by atoms with van der Waals surface area (Å²) in [7, 11) is 0. The van der Waals surface area contributed by atoms with Crippen LogP contribution in [0, 0.1) is 19.3 Å². The summed E-state index contributed by atoms with van der Waals surface area (Å²) >= 11 is 0. The van der Waals surface area contributed by atoms with Crippen molar-refractivity contribution >= 4 is 0 Å². The van der Waals surface area contributed by atoms with Crippen molar-refractivity contribution in [3.8, 4) is 0 Å². The van der Waals surface area contributed by atoms with E-state index in [1.807, 2.05) is 0 Å². The van der Waals surface area contributed by atoms with Crippen LogP contribution in [0.4, 0.5) is 0 Å². The molecule has 1 nitrogen and oxygen atoms in total. The van der Waals surface area contributed by atoms with Crippen LogP contribution in [-0.4, -0.2) is 0 Å². The number of benzene rings is 2. The second-order valence-electron chi connectivity index (χ2n) is 6.95. The van der Waals surface area contributed by atoms with E-state index in [1.54, 1.807) is 0 Å². The summed E-state index contributed by atoms with van der Waals surface area (Å²) in [5.74, 6) is 0. The Morgan fingerprint density at radius 2 is 1.57 bits per heavy atom. The summed E-state index contributed by atoms with van der Waals surface area (Å²) in [5, 5.41) is 3.76. The third-order valence-corrected chi connectivity index (χ3v) is 4.21. The predicted molar refractivity (Wildman–Crippen MR) is 91.4 cm³/mol. The van der Waals surface area contributed by atoms with Gasteiger partial charge in [0.1, 0.15) is 0 Å². The normalized spacial score (nSPS) is 13.2. The second kappa shape index (κ2) is 6.44. The molecule has 0 bridgehead atoms. The number of aryl methyl sites for hydroxylation is 1. The molecule has 2 rings (SSSR count). The molecule has 1 heteroatoms. The molecule has 0 saturated heterocycles. The maximum Gasteiger partial charge on any atom is 0.0372 e. The Morgan fingerprint density at radius 3 is 2.19 bits per heavy atom. The van der Waals surface area contributed by atoms with Crippen molar-refractivity contribution < 1.29 is 0 Å². The van der Waals surface area contributed by atoms with Crippen molar-refractivity contribution in [3.05, 3.63) is 70.8 Å². The van der Waals surface area contributed by atoms with Gasteiger partial charge in [-0.05, 0) is 41.5 Å². The first kappa shape index (κ1) is 15.8. The summed E-state index contributed by atoms with van der Waals surface area (Å²) in [6.45, 7) is 12.2. The molecule has 1 atom stereocenters. The molecule has 0 radical (unpaired) electrons. The minimum Gasteiger partial charge on any atom is -0.305 e. The molecule has 0 aliphatic rings. The highest BCUT2D eigenvalue weighted by molar-refractivity contribution is 5.33. The zero-order valence-electron chi connectivity index (χ0n) is 13.9. The molecule has 21 heavy (non-hydrogen) atoms. The zero-order valence-corrected chi connectivity index (χ0v) is 13.9. The van der Waals surface area contributed by atoms with Crippen LogP contribution in [0.5, 0.6) is 0 Å². The van der Waals surface area contributed by atoms with E-state index < -0.39 is 0 Å². The monoisotopic (exact) mass is 281 g/mol. The molecule has 1 N–H and O–H groups in total. The minimum atomic E-state index is 0.180. The molecule has 1 unspecified atom stereocenters. The fourth-order valence-electron chi connectivity index (χ4n) is 2.78. The van der Waals surface area contributed by atoms with Gasteiger partial charge < -0.3 is 5.32 Å². The summed E-state index contributed by atoms with van der Waals surface area (Å²) in [5.41, 5.74) is 5.68. The van der Waals surface area contributed by atoms with Crippen molar-refractivity contribution in [2.75, 3.05) is 0 Å². The van der Waals surface area contributed by atoms with Crippen LogP contribution in [0.1, 0.15) is 49.1 Å². The standard InChI is InChI=1S/C20H27N/c1-15-10-9-13-18(16(15)2)14-21-19(20(3,4)5)17-11-7-6-8-12-17/h6-13,19,21H,14H2,1-5H3. The topological polar surface area (TPSA) is 12.0 Å². The van der Waals surface area contributed by atoms with Gasteiger partial charge in [-0.25, -0.2) is 0 Å². The molecule has 0 aromatic heterocycles. The first-order valence-electron chi connectivity index (χ1n) is 7.73. The molecule has 2 aromatic rings. The lowest BCUT2D eigenvalue weighted by molar-refractivity contribution is 0.271. The smallest absolute Gasteiger partial charge is 0.0372 e. The Morgan fingerprint density at radius 1 is 0.905 bits per heavy atom. The third-order valence-electron chi connectivity index (χ3n) is 4.21. The highest BCUT2D eigenvalue weighted by Gasteiger charge is 2.25. The molecule has 112 valence electrons. The molecule has 2 aromatic carbocycles. The van der Waals surface area contributed by atoms with Crippen molar-refractivity contribution in [1.29, 1.82) is 0 Å². The van der Waals surface area contributed by atoms with Gasteiger partial charge in [-0.15, -0.1) is 0 Å². The SMILES string of the molecule is Cc1cccc(CNC(c2ccccc2)C(C)(C)C)c1C. The van der Waals surface area contributed by atoms with Gasteiger partial charge in [-0.2, -0.15) is 0 Å². The lowest BCUT2D eigenvalue weighted by Crippen LogP contribution is -2.32. The highest BCUT2D eigenvalue weighted by Crippen LogP contribution is 2.33. The highest BCUT2D eigenvalue weighted by atomic mass is 14.9. The van der Waals surface area contributed by atoms with Crippen molar-refractivity contribution in [2.24, 2.45) is 5.41 Å². The maximum atomic E-state index is 3.76. The third kappa shape index (κ3) is 3.95. The van der Waals surface area contributed by atoms with Crippen LogP contribution >= 0.6 is 0 Å².